The molecule has 34 heavy (non-hydrogen) atoms. The number of primary amides is 1. The lowest BCUT2D eigenvalue weighted by Gasteiger charge is -2.23. The molecule has 0 radical (unpaired) electrons. The van der Waals surface area contributed by atoms with Gasteiger partial charge in [0.05, 0.1) is 37.2 Å². The number of nitrogens with zero attached hydrogens (tertiary/aromatic N) is 6. The fourth-order valence-corrected chi connectivity index (χ4v) is 4.16. The Kier molecular flexibility index (Phi) is 5.42. The number of amides is 1. The summed E-state index contributed by atoms with van der Waals surface area (Å²) in [5.41, 5.74) is 6.63. The van der Waals surface area contributed by atoms with Crippen LogP contribution in [0.5, 0.6) is 11.5 Å². The second kappa shape index (κ2) is 8.56. The fraction of sp³-hybridized carbons (Fsp3) is 0.273. The van der Waals surface area contributed by atoms with Gasteiger partial charge < -0.3 is 35.5 Å². The van der Waals surface area contributed by atoms with Gasteiger partial charge in [-0.2, -0.15) is 4.98 Å². The number of methoxy groups -OCH3 is 1. The van der Waals surface area contributed by atoms with E-state index in [0.29, 0.717) is 23.3 Å². The van der Waals surface area contributed by atoms with E-state index >= 15 is 0 Å². The highest BCUT2D eigenvalue weighted by Gasteiger charge is 2.27. The molecule has 1 atom stereocenters. The van der Waals surface area contributed by atoms with Crippen molar-refractivity contribution in [2.75, 3.05) is 30.5 Å². The minimum atomic E-state index is -0.775. The standard InChI is InChI=1S/C22H24N8O4/c1-34-17-9-14(8-15(19(17)32)20(23)33)28-10-18(24-12-28)25-21-16-5-3-7-30(16)27-22(26-21)29-6-2-4-13(29)11-31/h3,5,7-10,12-13,31-32H,2,4,6,11H2,1H3,(H2,23,33)(H,25,26,27). The Labute approximate surface area is 194 Å². The summed E-state index contributed by atoms with van der Waals surface area (Å²) >= 11 is 0. The SMILES string of the molecule is COc1cc(-n2cnc(Nc3nc(N4CCCC4CO)nn4cccc34)c2)cc(C(N)=O)c1O. The van der Waals surface area contributed by atoms with Crippen molar-refractivity contribution in [3.8, 4) is 17.2 Å². The summed E-state index contributed by atoms with van der Waals surface area (Å²) < 4.78 is 8.57. The van der Waals surface area contributed by atoms with Crippen molar-refractivity contribution in [1.82, 2.24) is 24.1 Å². The molecule has 1 aliphatic rings. The first-order valence-corrected chi connectivity index (χ1v) is 10.7. The number of aromatic hydroxyl groups is 1. The molecule has 1 amide bonds. The van der Waals surface area contributed by atoms with Crippen LogP contribution in [0, 0.1) is 0 Å². The molecule has 4 aromatic rings. The number of ether oxygens (including phenoxy) is 1. The number of hydrogen-bond acceptors (Lipinski definition) is 9. The predicted octanol–water partition coefficient (Wildman–Crippen LogP) is 1.43. The van der Waals surface area contributed by atoms with E-state index in [1.807, 2.05) is 23.2 Å². The number of nitrogens with two attached hydrogens (primary N) is 1. The monoisotopic (exact) mass is 464 g/mol. The number of hydrogen-bond donors (Lipinski definition) is 4. The number of fused-ring (bicyclic) bond motifs is 1. The van der Waals surface area contributed by atoms with Gasteiger partial charge in [-0.15, -0.1) is 5.10 Å². The highest BCUT2D eigenvalue weighted by Crippen LogP contribution is 2.33. The smallest absolute Gasteiger partial charge is 0.252 e. The summed E-state index contributed by atoms with van der Waals surface area (Å²) in [6, 6.07) is 6.79. The zero-order chi connectivity index (χ0) is 23.8. The highest BCUT2D eigenvalue weighted by atomic mass is 16.5. The van der Waals surface area contributed by atoms with Gasteiger partial charge in [-0.25, -0.2) is 9.50 Å². The first-order valence-electron chi connectivity index (χ1n) is 10.7. The summed E-state index contributed by atoms with van der Waals surface area (Å²) in [5.74, 6) is 0.615. The van der Waals surface area contributed by atoms with Gasteiger partial charge in [0.1, 0.15) is 17.7 Å². The van der Waals surface area contributed by atoms with E-state index in [-0.39, 0.29) is 29.7 Å². The molecule has 12 heteroatoms. The van der Waals surface area contributed by atoms with E-state index in [1.54, 1.807) is 27.7 Å². The number of anilines is 3. The Morgan fingerprint density at radius 2 is 2.24 bits per heavy atom. The molecule has 12 nitrogen and oxygen atoms in total. The third-order valence-corrected chi connectivity index (χ3v) is 5.90. The summed E-state index contributed by atoms with van der Waals surface area (Å²) in [7, 11) is 1.39. The van der Waals surface area contributed by atoms with E-state index < -0.39 is 5.91 Å². The lowest BCUT2D eigenvalue weighted by atomic mass is 10.1. The van der Waals surface area contributed by atoms with Crippen molar-refractivity contribution in [2.45, 2.75) is 18.9 Å². The van der Waals surface area contributed by atoms with Crippen molar-refractivity contribution in [3.05, 3.63) is 48.5 Å². The summed E-state index contributed by atoms with van der Waals surface area (Å²) in [6.07, 6.45) is 6.96. The second-order valence-corrected chi connectivity index (χ2v) is 7.97. The highest BCUT2D eigenvalue weighted by molar-refractivity contribution is 5.97. The topological polar surface area (TPSA) is 156 Å². The second-order valence-electron chi connectivity index (χ2n) is 7.97. The molecular weight excluding hydrogens is 440 g/mol. The van der Waals surface area contributed by atoms with Crippen LogP contribution in [0.15, 0.2) is 43.0 Å². The van der Waals surface area contributed by atoms with Gasteiger partial charge in [0, 0.05) is 18.8 Å². The molecule has 0 saturated carbocycles. The molecule has 176 valence electrons. The quantitative estimate of drug-likeness (QED) is 0.318. The van der Waals surface area contributed by atoms with E-state index in [2.05, 4.69) is 15.4 Å². The number of imidazole rings is 1. The number of aliphatic hydroxyl groups excluding tert-OH is 1. The van der Waals surface area contributed by atoms with Crippen LogP contribution < -0.4 is 20.7 Å². The Balaban J connectivity index is 1.49. The fourth-order valence-electron chi connectivity index (χ4n) is 4.16. The van der Waals surface area contributed by atoms with Crippen LogP contribution in [-0.2, 0) is 0 Å². The average Bonchev–Trinajstić information content (AvgIpc) is 3.59. The molecule has 1 aliphatic heterocycles. The number of aliphatic hydroxyl groups is 1. The maximum atomic E-state index is 11.7. The van der Waals surface area contributed by atoms with Gasteiger partial charge in [-0.1, -0.05) is 0 Å². The summed E-state index contributed by atoms with van der Waals surface area (Å²) in [5, 5.41) is 27.7. The molecule has 5 N–H and O–H groups in total. The van der Waals surface area contributed by atoms with Crippen LogP contribution >= 0.6 is 0 Å². The van der Waals surface area contributed by atoms with Crippen LogP contribution in [0.4, 0.5) is 17.6 Å². The Morgan fingerprint density at radius 1 is 1.38 bits per heavy atom. The number of carbonyl (C=O) groups is 1. The molecule has 1 fully saturated rings. The van der Waals surface area contributed by atoms with Gasteiger partial charge in [-0.05, 0) is 31.0 Å². The van der Waals surface area contributed by atoms with Gasteiger partial charge in [-0.3, -0.25) is 4.79 Å². The predicted molar refractivity (Wildman–Crippen MR) is 124 cm³/mol. The molecule has 0 spiro atoms. The molecular formula is C22H24N8O4. The van der Waals surface area contributed by atoms with E-state index in [9.17, 15) is 15.0 Å². The lowest BCUT2D eigenvalue weighted by molar-refractivity contribution is 0.0997. The zero-order valence-corrected chi connectivity index (χ0v) is 18.4. The molecule has 0 bridgehead atoms. The molecule has 4 heterocycles. The van der Waals surface area contributed by atoms with Gasteiger partial charge >= 0.3 is 0 Å². The van der Waals surface area contributed by atoms with Crippen LogP contribution in [0.2, 0.25) is 0 Å². The zero-order valence-electron chi connectivity index (χ0n) is 18.4. The number of rotatable bonds is 7. The lowest BCUT2D eigenvalue weighted by Crippen LogP contribution is -2.34. The Hall–Kier alpha value is -4.32. The van der Waals surface area contributed by atoms with Crippen molar-refractivity contribution in [1.29, 1.82) is 0 Å². The van der Waals surface area contributed by atoms with Crippen LogP contribution in [0.1, 0.15) is 23.2 Å². The van der Waals surface area contributed by atoms with Crippen molar-refractivity contribution in [2.24, 2.45) is 5.73 Å². The van der Waals surface area contributed by atoms with Crippen LogP contribution in [0.25, 0.3) is 11.2 Å². The average molecular weight is 464 g/mol. The Morgan fingerprint density at radius 3 is 3.00 bits per heavy atom. The summed E-state index contributed by atoms with van der Waals surface area (Å²) in [4.78, 5) is 22.9. The largest absolute Gasteiger partial charge is 0.504 e. The van der Waals surface area contributed by atoms with Gasteiger partial charge in [0.15, 0.2) is 17.3 Å². The minimum absolute atomic E-state index is 0.0102. The number of carbonyl (C=O) groups excluding carboxylic acids is 1. The van der Waals surface area contributed by atoms with Gasteiger partial charge in [0.2, 0.25) is 5.95 Å². The minimum Gasteiger partial charge on any atom is -0.504 e. The first kappa shape index (κ1) is 21.5. The maximum absolute atomic E-state index is 11.7. The third kappa shape index (κ3) is 3.73. The van der Waals surface area contributed by atoms with Crippen molar-refractivity contribution >= 4 is 29.0 Å². The van der Waals surface area contributed by atoms with Crippen LogP contribution in [0.3, 0.4) is 0 Å². The number of phenols is 1. The van der Waals surface area contributed by atoms with Gasteiger partial charge in [0.25, 0.3) is 5.91 Å². The number of aromatic nitrogens is 5. The first-order chi connectivity index (χ1) is 16.5. The molecule has 1 unspecified atom stereocenters. The molecule has 1 aromatic carbocycles. The maximum Gasteiger partial charge on any atom is 0.252 e. The Bertz CT molecular complexity index is 1360. The van der Waals surface area contributed by atoms with Crippen molar-refractivity contribution < 1.29 is 19.7 Å². The normalized spacial score (nSPS) is 15.7. The number of benzene rings is 1. The molecule has 5 rings (SSSR count). The van der Waals surface area contributed by atoms with E-state index in [4.69, 9.17) is 15.5 Å². The van der Waals surface area contributed by atoms with E-state index in [0.717, 1.165) is 24.9 Å². The number of nitrogens with one attached hydrogen (secondary N) is 1. The molecule has 3 aromatic heterocycles. The summed E-state index contributed by atoms with van der Waals surface area (Å²) in [6.45, 7) is 0.820. The molecule has 1 saturated heterocycles. The van der Waals surface area contributed by atoms with Crippen LogP contribution in [-0.4, -0.2) is 66.6 Å². The molecule has 0 aliphatic carbocycles. The van der Waals surface area contributed by atoms with Crippen molar-refractivity contribution in [3.63, 3.8) is 0 Å². The third-order valence-electron chi connectivity index (χ3n) is 5.90. The van der Waals surface area contributed by atoms with E-state index in [1.165, 1.54) is 13.2 Å².